The van der Waals surface area contributed by atoms with Crippen molar-refractivity contribution in [3.8, 4) is 6.07 Å². The summed E-state index contributed by atoms with van der Waals surface area (Å²) in [4.78, 5) is 12.0. The van der Waals surface area contributed by atoms with Crippen molar-refractivity contribution < 1.29 is 4.79 Å². The van der Waals surface area contributed by atoms with Crippen LogP contribution in [0.4, 0.5) is 5.69 Å². The third-order valence-electron chi connectivity index (χ3n) is 2.83. The zero-order chi connectivity index (χ0) is 13.1. The molecule has 0 saturated carbocycles. The van der Waals surface area contributed by atoms with E-state index in [2.05, 4.69) is 27.3 Å². The van der Waals surface area contributed by atoms with E-state index in [0.29, 0.717) is 12.1 Å². The molecule has 0 aliphatic heterocycles. The lowest BCUT2D eigenvalue weighted by atomic mass is 9.88. The first-order valence-electron chi connectivity index (χ1n) is 5.42. The molecule has 1 aromatic carbocycles. The van der Waals surface area contributed by atoms with Gasteiger partial charge in [0, 0.05) is 4.47 Å². The molecule has 0 aromatic heterocycles. The number of nitriles is 1. The van der Waals surface area contributed by atoms with Gasteiger partial charge in [0.25, 0.3) is 0 Å². The molecule has 0 fully saturated rings. The Labute approximate surface area is 110 Å². The molecule has 90 valence electrons. The van der Waals surface area contributed by atoms with Crippen molar-refractivity contribution in [1.29, 1.82) is 5.26 Å². The Kier molecular flexibility index (Phi) is 4.30. The van der Waals surface area contributed by atoms with Gasteiger partial charge in [0.05, 0.1) is 11.8 Å². The molecule has 0 saturated heterocycles. The maximum atomic E-state index is 12.0. The number of nitrogens with zero attached hydrogens (tertiary/aromatic N) is 1. The van der Waals surface area contributed by atoms with Crippen molar-refractivity contribution in [1.82, 2.24) is 0 Å². The summed E-state index contributed by atoms with van der Waals surface area (Å²) in [6.45, 7) is 5.44. The minimum Gasteiger partial charge on any atom is -0.324 e. The number of benzene rings is 1. The van der Waals surface area contributed by atoms with Gasteiger partial charge >= 0.3 is 0 Å². The highest BCUT2D eigenvalue weighted by Gasteiger charge is 2.31. The first-order valence-corrected chi connectivity index (χ1v) is 6.21. The standard InChI is InChI=1S/C13H15BrN2O/c1-4-13(3,8-15)12(17)16-11-6-5-9(2)7-10(11)14/h5-7H,4H2,1-3H3,(H,16,17). The van der Waals surface area contributed by atoms with Crippen molar-refractivity contribution in [3.63, 3.8) is 0 Å². The molecule has 0 radical (unpaired) electrons. The Morgan fingerprint density at radius 1 is 1.59 bits per heavy atom. The Morgan fingerprint density at radius 2 is 2.24 bits per heavy atom. The van der Waals surface area contributed by atoms with Crippen LogP contribution in [-0.2, 0) is 4.79 Å². The number of hydrogen-bond acceptors (Lipinski definition) is 2. The second kappa shape index (κ2) is 5.33. The van der Waals surface area contributed by atoms with Crippen LogP contribution < -0.4 is 5.32 Å². The van der Waals surface area contributed by atoms with Crippen LogP contribution in [-0.4, -0.2) is 5.91 Å². The first kappa shape index (κ1) is 13.7. The van der Waals surface area contributed by atoms with Gasteiger partial charge in [-0.3, -0.25) is 4.79 Å². The third kappa shape index (κ3) is 3.07. The van der Waals surface area contributed by atoms with E-state index < -0.39 is 5.41 Å². The molecule has 1 rings (SSSR count). The lowest BCUT2D eigenvalue weighted by Crippen LogP contribution is -2.31. The summed E-state index contributed by atoms with van der Waals surface area (Å²) in [5.74, 6) is -0.271. The molecule has 4 heteroatoms. The normalized spacial score (nSPS) is 13.6. The molecular formula is C13H15BrN2O. The molecule has 1 unspecified atom stereocenters. The van der Waals surface area contributed by atoms with Crippen LogP contribution in [0.1, 0.15) is 25.8 Å². The van der Waals surface area contributed by atoms with Gasteiger partial charge in [-0.1, -0.05) is 13.0 Å². The van der Waals surface area contributed by atoms with Gasteiger partial charge in [0.15, 0.2) is 0 Å². The number of anilines is 1. The zero-order valence-corrected chi connectivity index (χ0v) is 11.8. The van der Waals surface area contributed by atoms with E-state index >= 15 is 0 Å². The van der Waals surface area contributed by atoms with E-state index in [0.717, 1.165) is 10.0 Å². The lowest BCUT2D eigenvalue weighted by Gasteiger charge is -2.19. The molecule has 0 bridgehead atoms. The highest BCUT2D eigenvalue weighted by Crippen LogP contribution is 2.27. The molecule has 0 heterocycles. The van der Waals surface area contributed by atoms with Crippen LogP contribution in [0.5, 0.6) is 0 Å². The van der Waals surface area contributed by atoms with Gasteiger partial charge < -0.3 is 5.32 Å². The summed E-state index contributed by atoms with van der Waals surface area (Å²) in [6, 6.07) is 7.71. The molecule has 1 atom stereocenters. The predicted octanol–water partition coefficient (Wildman–Crippen LogP) is 3.64. The average Bonchev–Trinajstić information content (AvgIpc) is 2.31. The summed E-state index contributed by atoms with van der Waals surface area (Å²) < 4.78 is 0.822. The SMILES string of the molecule is CCC(C)(C#N)C(=O)Nc1ccc(C)cc1Br. The molecule has 0 aliphatic carbocycles. The fourth-order valence-corrected chi connectivity index (χ4v) is 1.86. The van der Waals surface area contributed by atoms with Crippen LogP contribution in [0.2, 0.25) is 0 Å². The molecule has 3 nitrogen and oxygen atoms in total. The number of nitrogens with one attached hydrogen (secondary N) is 1. The maximum absolute atomic E-state index is 12.0. The molecule has 1 aromatic rings. The first-order chi connectivity index (χ1) is 7.92. The van der Waals surface area contributed by atoms with Crippen LogP contribution in [0, 0.1) is 23.7 Å². The number of halogens is 1. The van der Waals surface area contributed by atoms with Gasteiger partial charge in [0.2, 0.25) is 5.91 Å². The van der Waals surface area contributed by atoms with E-state index in [1.54, 1.807) is 6.92 Å². The average molecular weight is 295 g/mol. The fourth-order valence-electron chi connectivity index (χ4n) is 1.27. The lowest BCUT2D eigenvalue weighted by molar-refractivity contribution is -0.122. The molecule has 17 heavy (non-hydrogen) atoms. The van der Waals surface area contributed by atoms with Crippen LogP contribution in [0.15, 0.2) is 22.7 Å². The van der Waals surface area contributed by atoms with Gasteiger partial charge in [-0.2, -0.15) is 5.26 Å². The van der Waals surface area contributed by atoms with Crippen LogP contribution >= 0.6 is 15.9 Å². The van der Waals surface area contributed by atoms with E-state index in [1.165, 1.54) is 0 Å². The molecular weight excluding hydrogens is 280 g/mol. The summed E-state index contributed by atoms with van der Waals surface area (Å²) in [7, 11) is 0. The van der Waals surface area contributed by atoms with Gasteiger partial charge in [-0.05, 0) is 53.9 Å². The summed E-state index contributed by atoms with van der Waals surface area (Å²) in [5.41, 5.74) is 0.813. The Bertz CT molecular complexity index is 479. The van der Waals surface area contributed by atoms with Crippen molar-refractivity contribution in [2.45, 2.75) is 27.2 Å². The van der Waals surface area contributed by atoms with Crippen molar-refractivity contribution in [2.24, 2.45) is 5.41 Å². The highest BCUT2D eigenvalue weighted by molar-refractivity contribution is 9.10. The molecule has 0 aliphatic rings. The number of amides is 1. The summed E-state index contributed by atoms with van der Waals surface area (Å²) >= 11 is 3.39. The number of carbonyl (C=O) groups excluding carboxylic acids is 1. The van der Waals surface area contributed by atoms with Crippen LogP contribution in [0.25, 0.3) is 0 Å². The van der Waals surface area contributed by atoms with Crippen molar-refractivity contribution in [3.05, 3.63) is 28.2 Å². The zero-order valence-electron chi connectivity index (χ0n) is 10.2. The minimum atomic E-state index is -0.982. The number of rotatable bonds is 3. The summed E-state index contributed by atoms with van der Waals surface area (Å²) in [6.07, 6.45) is 0.485. The number of carbonyl (C=O) groups is 1. The van der Waals surface area contributed by atoms with Gasteiger partial charge in [-0.15, -0.1) is 0 Å². The number of hydrogen-bond donors (Lipinski definition) is 1. The molecule has 1 N–H and O–H groups in total. The Hall–Kier alpha value is -1.34. The second-order valence-electron chi connectivity index (χ2n) is 4.23. The van der Waals surface area contributed by atoms with Gasteiger partial charge in [0.1, 0.15) is 5.41 Å². The van der Waals surface area contributed by atoms with E-state index in [4.69, 9.17) is 5.26 Å². The fraction of sp³-hybridized carbons (Fsp3) is 0.385. The highest BCUT2D eigenvalue weighted by atomic mass is 79.9. The largest absolute Gasteiger partial charge is 0.324 e. The van der Waals surface area contributed by atoms with Crippen molar-refractivity contribution >= 4 is 27.5 Å². The predicted molar refractivity (Wildman–Crippen MR) is 71.5 cm³/mol. The third-order valence-corrected chi connectivity index (χ3v) is 3.48. The monoisotopic (exact) mass is 294 g/mol. The topological polar surface area (TPSA) is 52.9 Å². The summed E-state index contributed by atoms with van der Waals surface area (Å²) in [5, 5.41) is 11.8. The van der Waals surface area contributed by atoms with E-state index in [1.807, 2.05) is 32.0 Å². The van der Waals surface area contributed by atoms with Crippen LogP contribution in [0.3, 0.4) is 0 Å². The maximum Gasteiger partial charge on any atom is 0.244 e. The van der Waals surface area contributed by atoms with E-state index in [9.17, 15) is 4.79 Å². The Balaban J connectivity index is 2.93. The minimum absolute atomic E-state index is 0.271. The molecule has 1 amide bonds. The number of aryl methyl sites for hydroxylation is 1. The smallest absolute Gasteiger partial charge is 0.244 e. The quantitative estimate of drug-likeness (QED) is 0.925. The second-order valence-corrected chi connectivity index (χ2v) is 5.09. The Morgan fingerprint density at radius 3 is 2.71 bits per heavy atom. The van der Waals surface area contributed by atoms with E-state index in [-0.39, 0.29) is 5.91 Å². The van der Waals surface area contributed by atoms with Crippen molar-refractivity contribution in [2.75, 3.05) is 5.32 Å². The van der Waals surface area contributed by atoms with Gasteiger partial charge in [-0.25, -0.2) is 0 Å². The molecule has 0 spiro atoms.